The SMILES string of the molecule is NCc1nccc(-c2cc(Br)cs2)n1. The molecule has 0 fully saturated rings. The fourth-order valence-electron chi connectivity index (χ4n) is 1.08. The van der Waals surface area contributed by atoms with Crippen LogP contribution in [0, 0.1) is 0 Å². The van der Waals surface area contributed by atoms with Crippen LogP contribution in [0.1, 0.15) is 5.82 Å². The molecule has 14 heavy (non-hydrogen) atoms. The van der Waals surface area contributed by atoms with Crippen molar-refractivity contribution >= 4 is 27.3 Å². The van der Waals surface area contributed by atoms with Gasteiger partial charge in [0.15, 0.2) is 0 Å². The second-order valence-electron chi connectivity index (χ2n) is 2.69. The number of rotatable bonds is 2. The lowest BCUT2D eigenvalue weighted by Crippen LogP contribution is -2.02. The zero-order valence-electron chi connectivity index (χ0n) is 7.27. The van der Waals surface area contributed by atoms with E-state index in [1.807, 2.05) is 17.5 Å². The molecule has 0 atom stereocenters. The summed E-state index contributed by atoms with van der Waals surface area (Å²) in [6.07, 6.45) is 1.73. The van der Waals surface area contributed by atoms with E-state index < -0.39 is 0 Å². The highest BCUT2D eigenvalue weighted by Crippen LogP contribution is 2.28. The Balaban J connectivity index is 2.41. The molecule has 2 N–H and O–H groups in total. The van der Waals surface area contributed by atoms with E-state index >= 15 is 0 Å². The molecule has 0 radical (unpaired) electrons. The van der Waals surface area contributed by atoms with Crippen LogP contribution in [0.3, 0.4) is 0 Å². The summed E-state index contributed by atoms with van der Waals surface area (Å²) in [6.45, 7) is 0.375. The van der Waals surface area contributed by atoms with Gasteiger partial charge < -0.3 is 5.73 Å². The summed E-state index contributed by atoms with van der Waals surface area (Å²) < 4.78 is 1.07. The predicted octanol–water partition coefficient (Wildman–Crippen LogP) is 2.43. The lowest BCUT2D eigenvalue weighted by atomic mass is 10.3. The molecule has 0 aliphatic rings. The minimum absolute atomic E-state index is 0.375. The second-order valence-corrected chi connectivity index (χ2v) is 4.52. The minimum atomic E-state index is 0.375. The van der Waals surface area contributed by atoms with Gasteiger partial charge in [-0.2, -0.15) is 0 Å². The van der Waals surface area contributed by atoms with Gasteiger partial charge in [-0.1, -0.05) is 0 Å². The van der Waals surface area contributed by atoms with Crippen LogP contribution in [0.5, 0.6) is 0 Å². The maximum Gasteiger partial charge on any atom is 0.142 e. The van der Waals surface area contributed by atoms with Gasteiger partial charge in [-0.05, 0) is 28.1 Å². The summed E-state index contributed by atoms with van der Waals surface area (Å²) in [4.78, 5) is 9.49. The molecular formula is C9H8BrN3S. The highest BCUT2D eigenvalue weighted by Gasteiger charge is 2.03. The highest BCUT2D eigenvalue weighted by atomic mass is 79.9. The molecule has 0 bridgehead atoms. The van der Waals surface area contributed by atoms with Crippen molar-refractivity contribution in [2.24, 2.45) is 5.73 Å². The fourth-order valence-corrected chi connectivity index (χ4v) is 2.48. The summed E-state index contributed by atoms with van der Waals surface area (Å²) in [5, 5.41) is 2.03. The first-order valence-corrected chi connectivity index (χ1v) is 5.73. The van der Waals surface area contributed by atoms with Gasteiger partial charge in [-0.3, -0.25) is 0 Å². The average Bonchev–Trinajstić information content (AvgIpc) is 2.65. The molecule has 0 amide bonds. The zero-order valence-corrected chi connectivity index (χ0v) is 9.68. The molecule has 0 aromatic carbocycles. The van der Waals surface area contributed by atoms with Crippen LogP contribution in [0.15, 0.2) is 28.2 Å². The van der Waals surface area contributed by atoms with E-state index in [1.54, 1.807) is 17.5 Å². The van der Waals surface area contributed by atoms with Gasteiger partial charge >= 0.3 is 0 Å². The number of nitrogens with zero attached hydrogens (tertiary/aromatic N) is 2. The lowest BCUT2D eigenvalue weighted by Gasteiger charge is -1.98. The number of aromatic nitrogens is 2. The molecule has 0 saturated carbocycles. The molecule has 72 valence electrons. The molecule has 2 aromatic heterocycles. The summed E-state index contributed by atoms with van der Waals surface area (Å²) in [5.41, 5.74) is 6.40. The molecule has 0 aliphatic heterocycles. The first-order valence-electron chi connectivity index (χ1n) is 4.06. The van der Waals surface area contributed by atoms with Gasteiger partial charge in [0, 0.05) is 16.0 Å². The summed E-state index contributed by atoms with van der Waals surface area (Å²) in [6, 6.07) is 3.92. The largest absolute Gasteiger partial charge is 0.324 e. The second kappa shape index (κ2) is 4.16. The maximum absolute atomic E-state index is 5.47. The number of halogens is 1. The molecule has 3 nitrogen and oxygen atoms in total. The van der Waals surface area contributed by atoms with Gasteiger partial charge in [0.25, 0.3) is 0 Å². The van der Waals surface area contributed by atoms with Crippen molar-refractivity contribution in [1.29, 1.82) is 0 Å². The Kier molecular flexibility index (Phi) is 2.90. The molecule has 2 aromatic rings. The number of thiophene rings is 1. The summed E-state index contributed by atoms with van der Waals surface area (Å²) in [5.74, 6) is 0.673. The Bertz CT molecular complexity index is 441. The molecule has 5 heteroatoms. The molecule has 2 heterocycles. The van der Waals surface area contributed by atoms with Gasteiger partial charge in [0.2, 0.25) is 0 Å². The van der Waals surface area contributed by atoms with E-state index in [9.17, 15) is 0 Å². The van der Waals surface area contributed by atoms with Gasteiger partial charge in [0.1, 0.15) is 5.82 Å². The molecule has 0 saturated heterocycles. The Morgan fingerprint density at radius 2 is 2.36 bits per heavy atom. The van der Waals surface area contributed by atoms with Crippen molar-refractivity contribution in [3.63, 3.8) is 0 Å². The third-order valence-electron chi connectivity index (χ3n) is 1.71. The minimum Gasteiger partial charge on any atom is -0.324 e. The van der Waals surface area contributed by atoms with Gasteiger partial charge in [0.05, 0.1) is 17.1 Å². The lowest BCUT2D eigenvalue weighted by molar-refractivity contribution is 0.913. The van der Waals surface area contributed by atoms with Crippen LogP contribution in [0.2, 0.25) is 0 Å². The van der Waals surface area contributed by atoms with E-state index in [2.05, 4.69) is 25.9 Å². The number of hydrogen-bond donors (Lipinski definition) is 1. The Labute approximate surface area is 94.1 Å². The standard InChI is InChI=1S/C9H8BrN3S/c10-6-3-8(14-5-6)7-1-2-12-9(4-11)13-7/h1-3,5H,4,11H2. The summed E-state index contributed by atoms with van der Waals surface area (Å²) in [7, 11) is 0. The first-order chi connectivity index (χ1) is 6.79. The van der Waals surface area contributed by atoms with Gasteiger partial charge in [-0.25, -0.2) is 9.97 Å². The number of hydrogen-bond acceptors (Lipinski definition) is 4. The molecule has 0 aliphatic carbocycles. The topological polar surface area (TPSA) is 51.8 Å². The normalized spacial score (nSPS) is 10.4. The van der Waals surface area contributed by atoms with Crippen LogP contribution in [-0.2, 0) is 6.54 Å². The molecule has 2 rings (SSSR count). The Morgan fingerprint density at radius 3 is 3.00 bits per heavy atom. The van der Waals surface area contributed by atoms with Crippen molar-refractivity contribution in [1.82, 2.24) is 9.97 Å². The van der Waals surface area contributed by atoms with Crippen LogP contribution in [-0.4, -0.2) is 9.97 Å². The smallest absolute Gasteiger partial charge is 0.142 e. The van der Waals surface area contributed by atoms with E-state index in [0.29, 0.717) is 12.4 Å². The monoisotopic (exact) mass is 269 g/mol. The van der Waals surface area contributed by atoms with E-state index in [0.717, 1.165) is 15.0 Å². The van der Waals surface area contributed by atoms with Crippen molar-refractivity contribution < 1.29 is 0 Å². The maximum atomic E-state index is 5.47. The van der Waals surface area contributed by atoms with Crippen molar-refractivity contribution in [3.8, 4) is 10.6 Å². The first kappa shape index (κ1) is 9.76. The Morgan fingerprint density at radius 1 is 1.50 bits per heavy atom. The fraction of sp³-hybridized carbons (Fsp3) is 0.111. The third kappa shape index (κ3) is 2.00. The van der Waals surface area contributed by atoms with Crippen LogP contribution in [0.4, 0.5) is 0 Å². The van der Waals surface area contributed by atoms with E-state index in [4.69, 9.17) is 5.73 Å². The van der Waals surface area contributed by atoms with E-state index in [1.165, 1.54) is 0 Å². The average molecular weight is 270 g/mol. The highest BCUT2D eigenvalue weighted by molar-refractivity contribution is 9.10. The van der Waals surface area contributed by atoms with Crippen LogP contribution >= 0.6 is 27.3 Å². The quantitative estimate of drug-likeness (QED) is 0.911. The molecule has 0 unspecified atom stereocenters. The zero-order chi connectivity index (χ0) is 9.97. The van der Waals surface area contributed by atoms with E-state index in [-0.39, 0.29) is 0 Å². The van der Waals surface area contributed by atoms with Crippen LogP contribution in [0.25, 0.3) is 10.6 Å². The van der Waals surface area contributed by atoms with Crippen LogP contribution < -0.4 is 5.73 Å². The molecular weight excluding hydrogens is 262 g/mol. The predicted molar refractivity (Wildman–Crippen MR) is 60.9 cm³/mol. The van der Waals surface area contributed by atoms with Gasteiger partial charge in [-0.15, -0.1) is 11.3 Å². The summed E-state index contributed by atoms with van der Waals surface area (Å²) >= 11 is 5.05. The van der Waals surface area contributed by atoms with Crippen molar-refractivity contribution in [2.75, 3.05) is 0 Å². The Hall–Kier alpha value is -0.780. The van der Waals surface area contributed by atoms with Crippen molar-refractivity contribution in [3.05, 3.63) is 34.0 Å². The number of nitrogens with two attached hydrogens (primary N) is 1. The molecule has 0 spiro atoms. The third-order valence-corrected chi connectivity index (χ3v) is 3.42. The van der Waals surface area contributed by atoms with Crippen molar-refractivity contribution in [2.45, 2.75) is 6.54 Å².